The lowest BCUT2D eigenvalue weighted by Crippen LogP contribution is -2.49. The molecule has 1 aromatic rings. The first kappa shape index (κ1) is 46.7. The lowest BCUT2D eigenvalue weighted by molar-refractivity contribution is -0.158. The topological polar surface area (TPSA) is 71.1 Å². The van der Waals surface area contributed by atoms with Gasteiger partial charge in [0, 0.05) is 6.42 Å². The summed E-state index contributed by atoms with van der Waals surface area (Å²) in [4.78, 5) is 0.422. The van der Waals surface area contributed by atoms with Crippen LogP contribution in [-0.4, -0.2) is 60.5 Å². The molecular formula is C48H80O6SSi2. The first-order valence-corrected chi connectivity index (χ1v) is 29.5. The first-order valence-electron chi connectivity index (χ1n) is 22.1. The molecule has 9 heteroatoms. The van der Waals surface area contributed by atoms with Crippen molar-refractivity contribution in [3.8, 4) is 0 Å². The molecule has 1 aliphatic heterocycles. The van der Waals surface area contributed by atoms with Crippen LogP contribution < -0.4 is 0 Å². The standard InChI is InChI=1S/C48H80O6SSi2/c1-34-37(31-38(52-56(13,14)44(3,4)5)32-42(34)53-57(15,16)45(6,7)8)25-24-36-21-20-29-48(12)40(26-27-41(36)48)35(2)43(55(49,50)39-22-18-17-19-23-39)28-30-47(11)33-51-46(9,10)54-47/h17-19,22-25,35,38,40-43H,1,20-21,26-33H2,2-16H3/t35-,38+,40+,41-,42-,43?,47?,48+/m0/s1. The monoisotopic (exact) mass is 841 g/mol. The van der Waals surface area contributed by atoms with E-state index in [1.165, 1.54) is 11.1 Å². The molecule has 3 saturated carbocycles. The summed E-state index contributed by atoms with van der Waals surface area (Å²) in [6.45, 7) is 39.1. The van der Waals surface area contributed by atoms with Gasteiger partial charge in [0.2, 0.25) is 0 Å². The van der Waals surface area contributed by atoms with Crippen LogP contribution in [0.5, 0.6) is 0 Å². The van der Waals surface area contributed by atoms with E-state index in [4.69, 9.17) is 24.9 Å². The Morgan fingerprint density at radius 3 is 2.12 bits per heavy atom. The van der Waals surface area contributed by atoms with Crippen LogP contribution >= 0.6 is 0 Å². The number of ether oxygens (including phenoxy) is 2. The maximum absolute atomic E-state index is 14.6. The number of sulfone groups is 1. The molecule has 1 saturated heterocycles. The normalized spacial score (nSPS) is 32.8. The Morgan fingerprint density at radius 2 is 1.54 bits per heavy atom. The summed E-state index contributed by atoms with van der Waals surface area (Å²) in [6.07, 6.45) is 13.2. The number of allylic oxidation sites excluding steroid dienone is 3. The van der Waals surface area contributed by atoms with Crippen LogP contribution in [-0.2, 0) is 28.2 Å². The van der Waals surface area contributed by atoms with Crippen molar-refractivity contribution in [2.24, 2.45) is 23.2 Å². The summed E-state index contributed by atoms with van der Waals surface area (Å²) in [5.41, 5.74) is 3.40. The highest BCUT2D eigenvalue weighted by Crippen LogP contribution is 2.60. The predicted octanol–water partition coefficient (Wildman–Crippen LogP) is 13.0. The third-order valence-electron chi connectivity index (χ3n) is 15.6. The van der Waals surface area contributed by atoms with Gasteiger partial charge < -0.3 is 18.3 Å². The highest BCUT2D eigenvalue weighted by molar-refractivity contribution is 7.92. The number of fused-ring (bicyclic) bond motifs is 1. The van der Waals surface area contributed by atoms with E-state index in [0.717, 1.165) is 50.5 Å². The fraction of sp³-hybridized carbons (Fsp3) is 0.750. The summed E-state index contributed by atoms with van der Waals surface area (Å²) < 4.78 is 55.8. The third-order valence-corrected chi connectivity index (χ3v) is 27.1. The van der Waals surface area contributed by atoms with Gasteiger partial charge >= 0.3 is 0 Å². The van der Waals surface area contributed by atoms with Gasteiger partial charge in [-0.05, 0) is 155 Å². The van der Waals surface area contributed by atoms with Crippen LogP contribution in [0.25, 0.3) is 0 Å². The van der Waals surface area contributed by atoms with Crippen molar-refractivity contribution in [1.29, 1.82) is 0 Å². The zero-order valence-corrected chi connectivity index (χ0v) is 41.5. The molecule has 0 N–H and O–H groups in total. The largest absolute Gasteiger partial charge is 0.413 e. The van der Waals surface area contributed by atoms with Crippen LogP contribution in [0.1, 0.15) is 134 Å². The zero-order valence-electron chi connectivity index (χ0n) is 38.6. The molecule has 4 fully saturated rings. The lowest BCUT2D eigenvalue weighted by Gasteiger charge is -2.46. The Morgan fingerprint density at radius 1 is 0.930 bits per heavy atom. The Labute approximate surface area is 351 Å². The van der Waals surface area contributed by atoms with Gasteiger partial charge in [-0.1, -0.05) is 97.9 Å². The number of benzene rings is 1. The summed E-state index contributed by atoms with van der Waals surface area (Å²) in [6, 6.07) is 9.12. The summed E-state index contributed by atoms with van der Waals surface area (Å²) in [5, 5.41) is -0.289. The molecule has 5 rings (SSSR count). The van der Waals surface area contributed by atoms with E-state index in [1.54, 1.807) is 12.1 Å². The minimum absolute atomic E-state index is 0.0125. The Balaban J connectivity index is 1.44. The van der Waals surface area contributed by atoms with E-state index in [9.17, 15) is 8.42 Å². The van der Waals surface area contributed by atoms with Crippen LogP contribution in [0.3, 0.4) is 0 Å². The van der Waals surface area contributed by atoms with Gasteiger partial charge in [-0.25, -0.2) is 8.42 Å². The highest BCUT2D eigenvalue weighted by atomic mass is 32.2. The Kier molecular flexibility index (Phi) is 13.5. The van der Waals surface area contributed by atoms with Crippen molar-refractivity contribution < 1.29 is 26.7 Å². The van der Waals surface area contributed by atoms with Crippen LogP contribution in [0, 0.1) is 23.2 Å². The van der Waals surface area contributed by atoms with Gasteiger partial charge in [0.05, 0.1) is 34.6 Å². The molecule has 0 bridgehead atoms. The van der Waals surface area contributed by atoms with Crippen molar-refractivity contribution in [2.75, 3.05) is 6.61 Å². The van der Waals surface area contributed by atoms with Gasteiger partial charge in [-0.15, -0.1) is 0 Å². The molecule has 0 radical (unpaired) electrons. The molecule has 0 amide bonds. The molecule has 8 atom stereocenters. The third kappa shape index (κ3) is 10.1. The van der Waals surface area contributed by atoms with E-state index >= 15 is 0 Å². The van der Waals surface area contributed by atoms with E-state index in [-0.39, 0.29) is 33.6 Å². The molecule has 1 aromatic carbocycles. The quantitative estimate of drug-likeness (QED) is 0.195. The van der Waals surface area contributed by atoms with E-state index in [2.05, 4.69) is 101 Å². The molecular weight excluding hydrogens is 761 g/mol. The second-order valence-electron chi connectivity index (χ2n) is 22.4. The van der Waals surface area contributed by atoms with Crippen molar-refractivity contribution in [2.45, 2.75) is 204 Å². The molecule has 3 aliphatic carbocycles. The number of rotatable bonds is 12. The van der Waals surface area contributed by atoms with Crippen molar-refractivity contribution in [3.05, 3.63) is 65.8 Å². The molecule has 2 unspecified atom stereocenters. The van der Waals surface area contributed by atoms with Gasteiger partial charge in [0.15, 0.2) is 32.3 Å². The van der Waals surface area contributed by atoms with Crippen molar-refractivity contribution in [1.82, 2.24) is 0 Å². The average Bonchev–Trinajstić information content (AvgIpc) is 3.59. The van der Waals surface area contributed by atoms with Gasteiger partial charge in [0.1, 0.15) is 0 Å². The van der Waals surface area contributed by atoms with Crippen molar-refractivity contribution in [3.63, 3.8) is 0 Å². The predicted molar refractivity (Wildman–Crippen MR) is 242 cm³/mol. The minimum Gasteiger partial charge on any atom is -0.413 e. The van der Waals surface area contributed by atoms with Gasteiger partial charge in [-0.3, -0.25) is 0 Å². The smallest absolute Gasteiger partial charge is 0.192 e. The zero-order chi connectivity index (χ0) is 42.6. The van der Waals surface area contributed by atoms with Gasteiger partial charge in [-0.2, -0.15) is 0 Å². The molecule has 322 valence electrons. The molecule has 1 heterocycles. The van der Waals surface area contributed by atoms with E-state index < -0.39 is 43.1 Å². The van der Waals surface area contributed by atoms with Crippen LogP contribution in [0.4, 0.5) is 0 Å². The van der Waals surface area contributed by atoms with E-state index in [1.807, 2.05) is 32.0 Å². The van der Waals surface area contributed by atoms with Gasteiger partial charge in [0.25, 0.3) is 0 Å². The Hall–Kier alpha value is -1.34. The molecule has 6 nitrogen and oxygen atoms in total. The summed E-state index contributed by atoms with van der Waals surface area (Å²) >= 11 is 0. The highest BCUT2D eigenvalue weighted by Gasteiger charge is 2.54. The molecule has 0 spiro atoms. The summed E-state index contributed by atoms with van der Waals surface area (Å²) in [7, 11) is -7.67. The maximum Gasteiger partial charge on any atom is 0.192 e. The van der Waals surface area contributed by atoms with Crippen LogP contribution in [0.2, 0.25) is 36.3 Å². The number of hydrogen-bond donors (Lipinski definition) is 0. The lowest BCUT2D eigenvalue weighted by atomic mass is 9.60. The van der Waals surface area contributed by atoms with Crippen molar-refractivity contribution >= 4 is 26.5 Å². The maximum atomic E-state index is 14.6. The minimum atomic E-state index is -3.60. The summed E-state index contributed by atoms with van der Waals surface area (Å²) in [5.74, 6) is 0.0426. The number of hydrogen-bond acceptors (Lipinski definition) is 6. The Bertz CT molecular complexity index is 1770. The second kappa shape index (κ2) is 16.5. The molecule has 0 aromatic heterocycles. The van der Waals surface area contributed by atoms with E-state index in [0.29, 0.717) is 36.2 Å². The fourth-order valence-corrected chi connectivity index (χ4v) is 14.9. The molecule has 57 heavy (non-hydrogen) atoms. The SMILES string of the molecule is C=C1C(=CC=C2CCC[C@]3(C)[C@@H]([C@H](C)C(CCC4(C)COC(C)(C)O4)S(=O)(=O)c4ccccc4)CC[C@@H]23)C[C@@H](O[Si](C)(C)C(C)(C)C)C[C@@H]1O[Si](C)(C)C(C)(C)C. The van der Waals surface area contributed by atoms with Crippen LogP contribution in [0.15, 0.2) is 70.7 Å². The first-order chi connectivity index (χ1) is 26.0. The second-order valence-corrected chi connectivity index (χ2v) is 34.1. The average molecular weight is 841 g/mol. The fourth-order valence-electron chi connectivity index (χ4n) is 10.2. The molecule has 4 aliphatic rings.